The maximum absolute atomic E-state index is 13.1. The summed E-state index contributed by atoms with van der Waals surface area (Å²) in [5.74, 6) is -0.705. The standard InChI is InChI=1S/C25H25FN4O2/c26-19-10-12-20(13-11-19)28-25(32)22-8-4-5-9-23(22)27-18-24(31)30-16-14-29(15-17-30)21-6-2-1-3-7-21/h1-13,27H,14-18H2,(H,28,32). The highest BCUT2D eigenvalue weighted by Crippen LogP contribution is 2.19. The second-order valence-corrected chi connectivity index (χ2v) is 7.56. The molecule has 4 rings (SSSR count). The van der Waals surface area contributed by atoms with Gasteiger partial charge in [0.25, 0.3) is 5.91 Å². The highest BCUT2D eigenvalue weighted by molar-refractivity contribution is 6.08. The largest absolute Gasteiger partial charge is 0.376 e. The number of amides is 2. The first-order valence-electron chi connectivity index (χ1n) is 10.6. The molecule has 1 aliphatic heterocycles. The van der Waals surface area contributed by atoms with E-state index < -0.39 is 0 Å². The molecule has 0 bridgehead atoms. The molecule has 7 heteroatoms. The molecule has 0 aliphatic carbocycles. The van der Waals surface area contributed by atoms with Crippen LogP contribution < -0.4 is 15.5 Å². The molecule has 1 fully saturated rings. The zero-order valence-electron chi connectivity index (χ0n) is 17.6. The van der Waals surface area contributed by atoms with E-state index in [0.717, 1.165) is 13.1 Å². The first-order valence-corrected chi connectivity index (χ1v) is 10.6. The van der Waals surface area contributed by atoms with Gasteiger partial charge in [-0.2, -0.15) is 0 Å². The molecule has 0 radical (unpaired) electrons. The number of carbonyl (C=O) groups excluding carboxylic acids is 2. The summed E-state index contributed by atoms with van der Waals surface area (Å²) in [6, 6.07) is 22.8. The molecule has 164 valence electrons. The first-order chi connectivity index (χ1) is 15.6. The van der Waals surface area contributed by atoms with Gasteiger partial charge in [0.05, 0.1) is 12.1 Å². The lowest BCUT2D eigenvalue weighted by molar-refractivity contribution is -0.129. The second-order valence-electron chi connectivity index (χ2n) is 7.56. The highest BCUT2D eigenvalue weighted by Gasteiger charge is 2.21. The number of rotatable bonds is 6. The molecule has 3 aromatic carbocycles. The van der Waals surface area contributed by atoms with Gasteiger partial charge in [0.15, 0.2) is 0 Å². The van der Waals surface area contributed by atoms with Crippen molar-refractivity contribution >= 4 is 28.9 Å². The molecule has 0 saturated carbocycles. The fourth-order valence-electron chi connectivity index (χ4n) is 3.70. The summed E-state index contributed by atoms with van der Waals surface area (Å²) < 4.78 is 13.1. The molecule has 0 spiro atoms. The van der Waals surface area contributed by atoms with Crippen molar-refractivity contribution in [1.29, 1.82) is 0 Å². The Bertz CT molecular complexity index is 1060. The molecule has 2 N–H and O–H groups in total. The first kappa shape index (κ1) is 21.4. The lowest BCUT2D eigenvalue weighted by Crippen LogP contribution is -2.50. The summed E-state index contributed by atoms with van der Waals surface area (Å²) in [6.45, 7) is 2.98. The van der Waals surface area contributed by atoms with Gasteiger partial charge in [-0.1, -0.05) is 30.3 Å². The number of para-hydroxylation sites is 2. The van der Waals surface area contributed by atoms with Crippen LogP contribution in [0.2, 0.25) is 0 Å². The van der Waals surface area contributed by atoms with E-state index in [9.17, 15) is 14.0 Å². The summed E-state index contributed by atoms with van der Waals surface area (Å²) in [7, 11) is 0. The molecule has 1 aliphatic rings. The smallest absolute Gasteiger partial charge is 0.257 e. The van der Waals surface area contributed by atoms with E-state index in [4.69, 9.17) is 0 Å². The predicted octanol–water partition coefficient (Wildman–Crippen LogP) is 3.84. The summed E-state index contributed by atoms with van der Waals surface area (Å²) in [4.78, 5) is 29.5. The number of hydrogen-bond acceptors (Lipinski definition) is 4. The third kappa shape index (κ3) is 5.24. The Labute approximate surface area is 186 Å². The Kier molecular flexibility index (Phi) is 6.65. The van der Waals surface area contributed by atoms with Crippen LogP contribution in [-0.2, 0) is 4.79 Å². The van der Waals surface area contributed by atoms with Crippen LogP contribution in [0.25, 0.3) is 0 Å². The van der Waals surface area contributed by atoms with Crippen molar-refractivity contribution in [2.24, 2.45) is 0 Å². The normalized spacial score (nSPS) is 13.5. The minimum Gasteiger partial charge on any atom is -0.376 e. The molecular weight excluding hydrogens is 407 g/mol. The van der Waals surface area contributed by atoms with Crippen molar-refractivity contribution in [3.63, 3.8) is 0 Å². The van der Waals surface area contributed by atoms with Crippen molar-refractivity contribution in [2.75, 3.05) is 48.3 Å². The van der Waals surface area contributed by atoms with Crippen molar-refractivity contribution in [3.05, 3.63) is 90.2 Å². The molecule has 0 unspecified atom stereocenters. The van der Waals surface area contributed by atoms with Gasteiger partial charge in [0.2, 0.25) is 5.91 Å². The molecular formula is C25H25FN4O2. The molecule has 32 heavy (non-hydrogen) atoms. The van der Waals surface area contributed by atoms with Crippen LogP contribution in [-0.4, -0.2) is 49.4 Å². The summed E-state index contributed by atoms with van der Waals surface area (Å²) in [5, 5.41) is 5.85. The van der Waals surface area contributed by atoms with Crippen LogP contribution in [0, 0.1) is 5.82 Å². The van der Waals surface area contributed by atoms with Crippen molar-refractivity contribution < 1.29 is 14.0 Å². The van der Waals surface area contributed by atoms with E-state index >= 15 is 0 Å². The van der Waals surface area contributed by atoms with Crippen molar-refractivity contribution in [3.8, 4) is 0 Å². The molecule has 1 saturated heterocycles. The van der Waals surface area contributed by atoms with Gasteiger partial charge in [-0.15, -0.1) is 0 Å². The summed E-state index contributed by atoms with van der Waals surface area (Å²) in [6.07, 6.45) is 0. The number of nitrogens with one attached hydrogen (secondary N) is 2. The quantitative estimate of drug-likeness (QED) is 0.621. The van der Waals surface area contributed by atoms with Crippen LogP contribution in [0.4, 0.5) is 21.5 Å². The average Bonchev–Trinajstić information content (AvgIpc) is 2.85. The Hall–Kier alpha value is -3.87. The summed E-state index contributed by atoms with van der Waals surface area (Å²) in [5.41, 5.74) is 2.65. The van der Waals surface area contributed by atoms with Gasteiger partial charge in [-0.05, 0) is 48.5 Å². The lowest BCUT2D eigenvalue weighted by atomic mass is 10.1. The van der Waals surface area contributed by atoms with Crippen LogP contribution >= 0.6 is 0 Å². The number of piperazine rings is 1. The molecule has 6 nitrogen and oxygen atoms in total. The Morgan fingerprint density at radius 1 is 0.812 bits per heavy atom. The fourth-order valence-corrected chi connectivity index (χ4v) is 3.70. The van der Waals surface area contributed by atoms with Gasteiger partial charge >= 0.3 is 0 Å². The molecule has 3 aromatic rings. The minimum absolute atomic E-state index is 0.00791. The van der Waals surface area contributed by atoms with E-state index in [0.29, 0.717) is 30.0 Å². The zero-order valence-corrected chi connectivity index (χ0v) is 17.6. The van der Waals surface area contributed by atoms with E-state index in [2.05, 4.69) is 27.7 Å². The Morgan fingerprint density at radius 3 is 2.19 bits per heavy atom. The zero-order chi connectivity index (χ0) is 22.3. The number of nitrogens with zero attached hydrogens (tertiary/aromatic N) is 2. The number of carbonyl (C=O) groups is 2. The second kappa shape index (κ2) is 9.96. The number of hydrogen-bond donors (Lipinski definition) is 2. The van der Waals surface area contributed by atoms with Gasteiger partial charge in [0.1, 0.15) is 5.82 Å². The van der Waals surface area contributed by atoms with Gasteiger partial charge in [0, 0.05) is 43.2 Å². The highest BCUT2D eigenvalue weighted by atomic mass is 19.1. The predicted molar refractivity (Wildman–Crippen MR) is 125 cm³/mol. The van der Waals surface area contributed by atoms with Crippen LogP contribution in [0.5, 0.6) is 0 Å². The maximum atomic E-state index is 13.1. The van der Waals surface area contributed by atoms with Gasteiger partial charge in [-0.25, -0.2) is 4.39 Å². The third-order valence-electron chi connectivity index (χ3n) is 5.46. The molecule has 1 heterocycles. The third-order valence-corrected chi connectivity index (χ3v) is 5.46. The van der Waals surface area contributed by atoms with Crippen molar-refractivity contribution in [1.82, 2.24) is 4.90 Å². The lowest BCUT2D eigenvalue weighted by Gasteiger charge is -2.36. The summed E-state index contributed by atoms with van der Waals surface area (Å²) >= 11 is 0. The molecule has 2 amide bonds. The maximum Gasteiger partial charge on any atom is 0.257 e. The number of anilines is 3. The monoisotopic (exact) mass is 432 g/mol. The average molecular weight is 432 g/mol. The minimum atomic E-state index is -0.367. The van der Waals surface area contributed by atoms with Crippen molar-refractivity contribution in [2.45, 2.75) is 0 Å². The molecule has 0 aromatic heterocycles. The van der Waals surface area contributed by atoms with Crippen LogP contribution in [0.15, 0.2) is 78.9 Å². The van der Waals surface area contributed by atoms with Crippen LogP contribution in [0.1, 0.15) is 10.4 Å². The van der Waals surface area contributed by atoms with Gasteiger partial charge < -0.3 is 20.4 Å². The van der Waals surface area contributed by atoms with E-state index in [1.165, 1.54) is 30.0 Å². The Morgan fingerprint density at radius 2 is 1.47 bits per heavy atom. The fraction of sp³-hybridized carbons (Fsp3) is 0.200. The van der Waals surface area contributed by atoms with Gasteiger partial charge in [-0.3, -0.25) is 9.59 Å². The van der Waals surface area contributed by atoms with E-state index in [1.54, 1.807) is 24.3 Å². The van der Waals surface area contributed by atoms with E-state index in [1.807, 2.05) is 23.1 Å². The SMILES string of the molecule is O=C(Nc1ccc(F)cc1)c1ccccc1NCC(=O)N1CCN(c2ccccc2)CC1. The Balaban J connectivity index is 1.32. The number of halogens is 1. The van der Waals surface area contributed by atoms with E-state index in [-0.39, 0.29) is 24.2 Å². The molecule has 0 atom stereocenters. The number of benzene rings is 3. The topological polar surface area (TPSA) is 64.7 Å². The van der Waals surface area contributed by atoms with Crippen LogP contribution in [0.3, 0.4) is 0 Å².